The van der Waals surface area contributed by atoms with E-state index in [2.05, 4.69) is 0 Å². The van der Waals surface area contributed by atoms with Gasteiger partial charge in [0.1, 0.15) is 6.29 Å². The summed E-state index contributed by atoms with van der Waals surface area (Å²) in [5.74, 6) is -0.0128. The van der Waals surface area contributed by atoms with Crippen molar-refractivity contribution < 1.29 is 9.59 Å². The van der Waals surface area contributed by atoms with E-state index in [9.17, 15) is 9.59 Å². The lowest BCUT2D eigenvalue weighted by Crippen LogP contribution is -2.43. The van der Waals surface area contributed by atoms with Crippen LogP contribution in [0.25, 0.3) is 0 Å². The summed E-state index contributed by atoms with van der Waals surface area (Å²) in [6.45, 7) is 0.0906. The summed E-state index contributed by atoms with van der Waals surface area (Å²) in [4.78, 5) is 25.1. The smallest absolute Gasteiger partial charge is 0.223 e. The molecule has 1 aliphatic rings. The van der Waals surface area contributed by atoms with Crippen molar-refractivity contribution in [3.05, 3.63) is 71.8 Å². The van der Waals surface area contributed by atoms with E-state index in [1.165, 1.54) is 0 Å². The number of nitrogens with zero attached hydrogens (tertiary/aromatic N) is 1. The summed E-state index contributed by atoms with van der Waals surface area (Å²) in [5, 5.41) is 0. The third-order valence-corrected chi connectivity index (χ3v) is 4.54. The molecule has 118 valence electrons. The molecule has 1 saturated heterocycles. The highest BCUT2D eigenvalue weighted by Crippen LogP contribution is 2.39. The second-order valence-corrected chi connectivity index (χ2v) is 5.86. The molecule has 0 aromatic heterocycles. The van der Waals surface area contributed by atoms with Crippen molar-refractivity contribution in [1.82, 2.24) is 4.90 Å². The van der Waals surface area contributed by atoms with Gasteiger partial charge in [-0.15, -0.1) is 0 Å². The summed E-state index contributed by atoms with van der Waals surface area (Å²) in [6, 6.07) is 19.1. The monoisotopic (exact) mass is 308 g/mol. The van der Waals surface area contributed by atoms with Crippen LogP contribution in [-0.4, -0.2) is 29.7 Å². The van der Waals surface area contributed by atoms with Gasteiger partial charge in [-0.1, -0.05) is 60.7 Å². The van der Waals surface area contributed by atoms with Crippen LogP contribution < -0.4 is 5.73 Å². The SMILES string of the molecule is NC(c1ccccc1)C1C(c2ccccc2)CC(=O)N1CC=O. The fraction of sp³-hybridized carbons (Fsp3) is 0.263. The third-order valence-electron chi connectivity index (χ3n) is 4.54. The molecule has 0 spiro atoms. The summed E-state index contributed by atoms with van der Waals surface area (Å²) in [7, 11) is 0. The van der Waals surface area contributed by atoms with Gasteiger partial charge in [0, 0.05) is 12.3 Å². The number of rotatable bonds is 5. The van der Waals surface area contributed by atoms with Gasteiger partial charge < -0.3 is 15.4 Å². The van der Waals surface area contributed by atoms with Gasteiger partial charge in [0.05, 0.1) is 18.6 Å². The fourth-order valence-corrected chi connectivity index (χ4v) is 3.45. The molecule has 2 N–H and O–H groups in total. The van der Waals surface area contributed by atoms with Gasteiger partial charge in [-0.2, -0.15) is 0 Å². The molecular weight excluding hydrogens is 288 g/mol. The highest BCUT2D eigenvalue weighted by molar-refractivity contribution is 5.83. The Balaban J connectivity index is 1.98. The summed E-state index contributed by atoms with van der Waals surface area (Å²) in [5.41, 5.74) is 8.57. The molecule has 2 aromatic carbocycles. The van der Waals surface area contributed by atoms with Crippen LogP contribution >= 0.6 is 0 Å². The van der Waals surface area contributed by atoms with Crippen LogP contribution in [0.1, 0.15) is 29.5 Å². The lowest BCUT2D eigenvalue weighted by Gasteiger charge is -2.32. The van der Waals surface area contributed by atoms with Crippen LogP contribution in [0.5, 0.6) is 0 Å². The first-order valence-corrected chi connectivity index (χ1v) is 7.81. The molecule has 1 aliphatic heterocycles. The van der Waals surface area contributed by atoms with Crippen molar-refractivity contribution in [3.8, 4) is 0 Å². The van der Waals surface area contributed by atoms with Crippen molar-refractivity contribution in [2.75, 3.05) is 6.54 Å². The molecule has 2 aromatic rings. The number of likely N-dealkylation sites (tertiary alicyclic amines) is 1. The number of aldehydes is 1. The van der Waals surface area contributed by atoms with Crippen LogP contribution in [0.15, 0.2) is 60.7 Å². The Labute approximate surface area is 135 Å². The highest BCUT2D eigenvalue weighted by atomic mass is 16.2. The zero-order valence-corrected chi connectivity index (χ0v) is 12.8. The predicted molar refractivity (Wildman–Crippen MR) is 88.7 cm³/mol. The van der Waals surface area contributed by atoms with Crippen molar-refractivity contribution in [1.29, 1.82) is 0 Å². The number of carbonyl (C=O) groups is 2. The molecule has 0 radical (unpaired) electrons. The molecule has 3 unspecified atom stereocenters. The first-order chi connectivity index (χ1) is 11.2. The number of hydrogen-bond acceptors (Lipinski definition) is 3. The zero-order chi connectivity index (χ0) is 16.2. The average molecular weight is 308 g/mol. The van der Waals surface area contributed by atoms with Gasteiger partial charge in [0.15, 0.2) is 0 Å². The normalized spacial score (nSPS) is 22.1. The number of nitrogens with two attached hydrogens (primary N) is 1. The molecule has 3 rings (SSSR count). The first-order valence-electron chi connectivity index (χ1n) is 7.81. The van der Waals surface area contributed by atoms with Crippen LogP contribution in [0.4, 0.5) is 0 Å². The largest absolute Gasteiger partial charge is 0.330 e. The van der Waals surface area contributed by atoms with Crippen LogP contribution in [0.3, 0.4) is 0 Å². The highest BCUT2D eigenvalue weighted by Gasteiger charge is 2.43. The molecule has 1 heterocycles. The second kappa shape index (κ2) is 6.75. The quantitative estimate of drug-likeness (QED) is 0.862. The minimum absolute atomic E-state index is 0.00106. The minimum Gasteiger partial charge on any atom is -0.330 e. The number of amides is 1. The molecule has 3 atom stereocenters. The van der Waals surface area contributed by atoms with E-state index in [0.717, 1.165) is 17.4 Å². The minimum atomic E-state index is -0.326. The average Bonchev–Trinajstić information content (AvgIpc) is 2.93. The Hall–Kier alpha value is -2.46. The van der Waals surface area contributed by atoms with Crippen LogP contribution in [0.2, 0.25) is 0 Å². The van der Waals surface area contributed by atoms with Gasteiger partial charge in [0.25, 0.3) is 0 Å². The van der Waals surface area contributed by atoms with E-state index < -0.39 is 0 Å². The van der Waals surface area contributed by atoms with E-state index in [4.69, 9.17) is 5.73 Å². The second-order valence-electron chi connectivity index (χ2n) is 5.86. The number of hydrogen-bond donors (Lipinski definition) is 1. The maximum absolute atomic E-state index is 12.4. The molecule has 0 saturated carbocycles. The Morgan fingerprint density at radius 3 is 2.30 bits per heavy atom. The van der Waals surface area contributed by atoms with Crippen LogP contribution in [0, 0.1) is 0 Å². The van der Waals surface area contributed by atoms with Gasteiger partial charge in [-0.25, -0.2) is 0 Å². The number of benzene rings is 2. The predicted octanol–water partition coefficient (Wildman–Crippen LogP) is 2.27. The Bertz CT molecular complexity index is 672. The van der Waals surface area contributed by atoms with Crippen molar-refractivity contribution >= 4 is 12.2 Å². The molecule has 23 heavy (non-hydrogen) atoms. The number of carbonyl (C=O) groups excluding carboxylic acids is 2. The van der Waals surface area contributed by atoms with Crippen LogP contribution in [-0.2, 0) is 9.59 Å². The van der Waals surface area contributed by atoms with Gasteiger partial charge in [0.2, 0.25) is 5.91 Å². The zero-order valence-electron chi connectivity index (χ0n) is 12.8. The lowest BCUT2D eigenvalue weighted by molar-refractivity contribution is -0.131. The molecule has 1 fully saturated rings. The van der Waals surface area contributed by atoms with E-state index in [1.54, 1.807) is 4.90 Å². The standard InChI is InChI=1S/C19H20N2O2/c20-18(15-9-5-2-6-10-15)19-16(14-7-3-1-4-8-14)13-17(23)21(19)11-12-22/h1-10,12,16,18-19H,11,13,20H2. The maximum Gasteiger partial charge on any atom is 0.223 e. The summed E-state index contributed by atoms with van der Waals surface area (Å²) >= 11 is 0. The van der Waals surface area contributed by atoms with E-state index in [-0.39, 0.29) is 30.5 Å². The van der Waals surface area contributed by atoms with Crippen molar-refractivity contribution in [3.63, 3.8) is 0 Å². The molecule has 1 amide bonds. The van der Waals surface area contributed by atoms with Gasteiger partial charge in [-0.3, -0.25) is 4.79 Å². The molecular formula is C19H20N2O2. The van der Waals surface area contributed by atoms with Crippen molar-refractivity contribution in [2.24, 2.45) is 5.73 Å². The molecule has 4 heteroatoms. The Morgan fingerprint density at radius 2 is 1.70 bits per heavy atom. The van der Waals surface area contributed by atoms with Gasteiger partial charge in [-0.05, 0) is 11.1 Å². The third kappa shape index (κ3) is 3.03. The summed E-state index contributed by atoms with van der Waals surface area (Å²) < 4.78 is 0. The summed E-state index contributed by atoms with van der Waals surface area (Å²) in [6.07, 6.45) is 1.17. The fourth-order valence-electron chi connectivity index (χ4n) is 3.45. The van der Waals surface area contributed by atoms with Gasteiger partial charge >= 0.3 is 0 Å². The van der Waals surface area contributed by atoms with E-state index >= 15 is 0 Å². The molecule has 4 nitrogen and oxygen atoms in total. The van der Waals surface area contributed by atoms with Crippen molar-refractivity contribution in [2.45, 2.75) is 24.4 Å². The topological polar surface area (TPSA) is 63.4 Å². The maximum atomic E-state index is 12.4. The lowest BCUT2D eigenvalue weighted by atomic mass is 9.85. The van der Waals surface area contributed by atoms with E-state index in [1.807, 2.05) is 60.7 Å². The molecule has 0 aliphatic carbocycles. The van der Waals surface area contributed by atoms with E-state index in [0.29, 0.717) is 6.42 Å². The Kier molecular flexibility index (Phi) is 4.53. The Morgan fingerprint density at radius 1 is 1.09 bits per heavy atom. The first kappa shape index (κ1) is 15.4. The molecule has 0 bridgehead atoms.